The van der Waals surface area contributed by atoms with Crippen LogP contribution < -0.4 is 5.32 Å². The fraction of sp³-hybridized carbons (Fsp3) is 0.429. The fourth-order valence-corrected chi connectivity index (χ4v) is 5.73. The number of nitrogens with zero attached hydrogens (tertiary/aromatic N) is 7. The van der Waals surface area contributed by atoms with Crippen molar-refractivity contribution >= 4 is 33.3 Å². The first kappa shape index (κ1) is 28.6. The number of piperidine rings is 1. The Kier molecular flexibility index (Phi) is 7.51. The molecular formula is C28H36N8O4S. The predicted octanol–water partition coefficient (Wildman–Crippen LogP) is 4.24. The van der Waals surface area contributed by atoms with Crippen molar-refractivity contribution in [3.63, 3.8) is 0 Å². The summed E-state index contributed by atoms with van der Waals surface area (Å²) in [4.78, 5) is 19.8. The van der Waals surface area contributed by atoms with Gasteiger partial charge in [0, 0.05) is 69.2 Å². The predicted molar refractivity (Wildman–Crippen MR) is 156 cm³/mol. The number of sulfonamides is 1. The molecule has 13 heteroatoms. The zero-order valence-corrected chi connectivity index (χ0v) is 25.0. The molecular weight excluding hydrogens is 544 g/mol. The number of anilines is 2. The summed E-state index contributed by atoms with van der Waals surface area (Å²) < 4.78 is 35.3. The number of likely N-dealkylation sites (tertiary alicyclic amines) is 1. The molecule has 1 aliphatic rings. The largest absolute Gasteiger partial charge is 0.444 e. The first-order valence-corrected chi connectivity index (χ1v) is 14.9. The first-order chi connectivity index (χ1) is 19.3. The summed E-state index contributed by atoms with van der Waals surface area (Å²) in [5, 5.41) is 12.3. The van der Waals surface area contributed by atoms with Crippen LogP contribution in [0.5, 0.6) is 0 Å². The van der Waals surface area contributed by atoms with E-state index in [-0.39, 0.29) is 16.9 Å². The van der Waals surface area contributed by atoms with Crippen LogP contribution in [-0.4, -0.2) is 80.9 Å². The van der Waals surface area contributed by atoms with Crippen LogP contribution in [0.25, 0.3) is 16.8 Å². The van der Waals surface area contributed by atoms with E-state index in [0.717, 1.165) is 29.7 Å². The molecule has 5 rings (SSSR count). The molecule has 4 heterocycles. The summed E-state index contributed by atoms with van der Waals surface area (Å²) >= 11 is 0. The van der Waals surface area contributed by atoms with Crippen molar-refractivity contribution in [2.24, 2.45) is 7.05 Å². The van der Waals surface area contributed by atoms with Gasteiger partial charge in [-0.15, -0.1) is 0 Å². The molecule has 1 aliphatic heterocycles. The lowest BCUT2D eigenvalue weighted by molar-refractivity contribution is 0.0197. The zero-order valence-electron chi connectivity index (χ0n) is 24.2. The minimum Gasteiger partial charge on any atom is -0.444 e. The summed E-state index contributed by atoms with van der Waals surface area (Å²) in [6.07, 6.45) is 6.82. The Morgan fingerprint density at radius 3 is 2.49 bits per heavy atom. The van der Waals surface area contributed by atoms with E-state index >= 15 is 0 Å². The molecule has 0 bridgehead atoms. The maximum atomic E-state index is 12.9. The van der Waals surface area contributed by atoms with Crippen molar-refractivity contribution in [3.8, 4) is 11.1 Å². The number of rotatable bonds is 6. The quantitative estimate of drug-likeness (QED) is 0.359. The van der Waals surface area contributed by atoms with Crippen LogP contribution in [0.2, 0.25) is 0 Å². The molecule has 4 aromatic rings. The highest BCUT2D eigenvalue weighted by Gasteiger charge is 2.30. The van der Waals surface area contributed by atoms with Crippen LogP contribution in [0.15, 0.2) is 53.8 Å². The van der Waals surface area contributed by atoms with Crippen molar-refractivity contribution in [2.45, 2.75) is 50.0 Å². The van der Waals surface area contributed by atoms with Crippen LogP contribution in [0.3, 0.4) is 0 Å². The Labute approximate surface area is 240 Å². The van der Waals surface area contributed by atoms with Crippen LogP contribution in [0.1, 0.15) is 45.2 Å². The number of amides is 1. The van der Waals surface area contributed by atoms with Crippen molar-refractivity contribution in [1.82, 2.24) is 33.6 Å². The number of carbonyl (C=O) groups excluding carboxylic acids is 1. The highest BCUT2D eigenvalue weighted by molar-refractivity contribution is 7.89. The van der Waals surface area contributed by atoms with Gasteiger partial charge < -0.3 is 15.0 Å². The molecule has 1 amide bonds. The first-order valence-electron chi connectivity index (χ1n) is 13.5. The number of hydrogen-bond donors (Lipinski definition) is 1. The van der Waals surface area contributed by atoms with Gasteiger partial charge in [0.25, 0.3) is 0 Å². The van der Waals surface area contributed by atoms with Crippen LogP contribution >= 0.6 is 0 Å². The second-order valence-electron chi connectivity index (χ2n) is 11.5. The average molecular weight is 581 g/mol. The molecule has 0 spiro atoms. The number of nitrogens with one attached hydrogen (secondary N) is 1. The number of fused-ring (bicyclic) bond motifs is 1. The molecule has 1 unspecified atom stereocenters. The number of aromatic nitrogens is 5. The molecule has 12 nitrogen and oxygen atoms in total. The van der Waals surface area contributed by atoms with Crippen LogP contribution in [0, 0.1) is 0 Å². The maximum Gasteiger partial charge on any atom is 0.410 e. The van der Waals surface area contributed by atoms with Crippen molar-refractivity contribution in [1.29, 1.82) is 0 Å². The normalized spacial score (nSPS) is 16.4. The third-order valence-electron chi connectivity index (χ3n) is 6.90. The number of ether oxygens (including phenoxy) is 1. The van der Waals surface area contributed by atoms with E-state index in [4.69, 9.17) is 9.72 Å². The van der Waals surface area contributed by atoms with E-state index < -0.39 is 15.6 Å². The molecule has 1 saturated heterocycles. The van der Waals surface area contributed by atoms with Gasteiger partial charge in [-0.3, -0.25) is 4.68 Å². The van der Waals surface area contributed by atoms with Gasteiger partial charge in [-0.1, -0.05) is 0 Å². The molecule has 0 radical (unpaired) electrons. The van der Waals surface area contributed by atoms with E-state index in [9.17, 15) is 13.2 Å². The molecule has 41 heavy (non-hydrogen) atoms. The summed E-state index contributed by atoms with van der Waals surface area (Å²) in [6.45, 7) is 6.71. The maximum absolute atomic E-state index is 12.9. The van der Waals surface area contributed by atoms with Gasteiger partial charge in [-0.2, -0.15) is 14.7 Å². The molecule has 1 N–H and O–H groups in total. The lowest BCUT2D eigenvalue weighted by Gasteiger charge is -2.34. The van der Waals surface area contributed by atoms with E-state index in [0.29, 0.717) is 30.2 Å². The van der Waals surface area contributed by atoms with Crippen molar-refractivity contribution < 1.29 is 17.9 Å². The Hall–Kier alpha value is -3.97. The third kappa shape index (κ3) is 6.05. The van der Waals surface area contributed by atoms with Crippen LogP contribution in [0.4, 0.5) is 16.3 Å². The number of benzene rings is 1. The molecule has 0 saturated carbocycles. The number of hydrogen-bond acceptors (Lipinski definition) is 8. The van der Waals surface area contributed by atoms with Crippen LogP contribution in [-0.2, 0) is 21.8 Å². The van der Waals surface area contributed by atoms with E-state index in [1.54, 1.807) is 50.8 Å². The molecule has 3 aromatic heterocycles. The highest BCUT2D eigenvalue weighted by Crippen LogP contribution is 2.33. The number of carbonyl (C=O) groups is 1. The highest BCUT2D eigenvalue weighted by atomic mass is 32.2. The smallest absolute Gasteiger partial charge is 0.410 e. The molecule has 1 atom stereocenters. The van der Waals surface area contributed by atoms with Crippen molar-refractivity contribution in [3.05, 3.63) is 54.6 Å². The van der Waals surface area contributed by atoms with Gasteiger partial charge in [0.1, 0.15) is 11.4 Å². The van der Waals surface area contributed by atoms with Gasteiger partial charge in [0.05, 0.1) is 23.0 Å². The Bertz CT molecular complexity index is 1670. The van der Waals surface area contributed by atoms with Crippen molar-refractivity contribution in [2.75, 3.05) is 32.5 Å². The second-order valence-corrected chi connectivity index (χ2v) is 13.6. The SMILES string of the molecule is CN(C)S(=O)(=O)c1ccc(Nc2cc(C3CCCN(C(=O)OC(C)(C)C)C3)nc3c(-c4cnn(C)c4)cnn23)cc1. The van der Waals surface area contributed by atoms with E-state index in [1.807, 2.05) is 40.1 Å². The number of aryl methyl sites for hydroxylation is 1. The molecule has 0 aliphatic carbocycles. The van der Waals surface area contributed by atoms with E-state index in [2.05, 4.69) is 15.5 Å². The summed E-state index contributed by atoms with van der Waals surface area (Å²) in [6, 6.07) is 8.53. The Balaban J connectivity index is 1.52. The summed E-state index contributed by atoms with van der Waals surface area (Å²) in [5.74, 6) is 0.656. The molecule has 1 aromatic carbocycles. The summed E-state index contributed by atoms with van der Waals surface area (Å²) in [5.41, 5.74) is 3.31. The summed E-state index contributed by atoms with van der Waals surface area (Å²) in [7, 11) is 1.32. The Morgan fingerprint density at radius 2 is 1.85 bits per heavy atom. The van der Waals surface area contributed by atoms with Gasteiger partial charge in [-0.25, -0.2) is 22.5 Å². The molecule has 218 valence electrons. The van der Waals surface area contributed by atoms with E-state index in [1.165, 1.54) is 18.4 Å². The minimum atomic E-state index is -3.54. The fourth-order valence-electron chi connectivity index (χ4n) is 4.82. The minimum absolute atomic E-state index is 0.00826. The second kappa shape index (κ2) is 10.8. The zero-order chi connectivity index (χ0) is 29.5. The average Bonchev–Trinajstić information content (AvgIpc) is 3.54. The standard InChI is InChI=1S/C28H36N8O4S/c1-28(2,3)40-27(37)35-13-7-8-19(18-35)24-14-25(31-21-9-11-22(12-10-21)41(38,39)33(4)5)36-26(32-24)23(16-30-36)20-15-29-34(6)17-20/h9-12,14-17,19,31H,7-8,13,18H2,1-6H3. The van der Waals surface area contributed by atoms with Gasteiger partial charge in [-0.05, 0) is 57.9 Å². The Morgan fingerprint density at radius 1 is 1.12 bits per heavy atom. The monoisotopic (exact) mass is 580 g/mol. The van der Waals surface area contributed by atoms with Gasteiger partial charge >= 0.3 is 6.09 Å². The topological polar surface area (TPSA) is 127 Å². The van der Waals surface area contributed by atoms with Gasteiger partial charge in [0.2, 0.25) is 10.0 Å². The lowest BCUT2D eigenvalue weighted by atomic mass is 9.94. The lowest BCUT2D eigenvalue weighted by Crippen LogP contribution is -2.42. The molecule has 1 fully saturated rings. The third-order valence-corrected chi connectivity index (χ3v) is 8.73. The van der Waals surface area contributed by atoms with Gasteiger partial charge in [0.15, 0.2) is 5.65 Å².